The van der Waals surface area contributed by atoms with Gasteiger partial charge in [0.25, 0.3) is 5.91 Å². The van der Waals surface area contributed by atoms with Gasteiger partial charge in [-0.2, -0.15) is 5.10 Å². The van der Waals surface area contributed by atoms with Gasteiger partial charge < -0.3 is 15.1 Å². The van der Waals surface area contributed by atoms with Crippen molar-refractivity contribution in [2.45, 2.75) is 71.0 Å². The zero-order chi connectivity index (χ0) is 23.2. The maximum absolute atomic E-state index is 13.4. The van der Waals surface area contributed by atoms with Crippen LogP contribution in [0.25, 0.3) is 0 Å². The lowest BCUT2D eigenvalue weighted by atomic mass is 9.91. The summed E-state index contributed by atoms with van der Waals surface area (Å²) in [6, 6.07) is 10.4. The van der Waals surface area contributed by atoms with Crippen LogP contribution in [-0.2, 0) is 30.7 Å². The van der Waals surface area contributed by atoms with E-state index in [2.05, 4.69) is 16.9 Å². The number of fused-ring (bicyclic) bond motifs is 1. The molecule has 0 saturated carbocycles. The van der Waals surface area contributed by atoms with E-state index in [4.69, 9.17) is 5.10 Å². The van der Waals surface area contributed by atoms with Crippen molar-refractivity contribution in [3.8, 4) is 0 Å². The highest BCUT2D eigenvalue weighted by Crippen LogP contribution is 2.26. The second-order valence-electron chi connectivity index (χ2n) is 9.38. The van der Waals surface area contributed by atoms with E-state index in [0.717, 1.165) is 75.8 Å². The Balaban J connectivity index is 1.40. The summed E-state index contributed by atoms with van der Waals surface area (Å²) in [4.78, 5) is 28.9. The van der Waals surface area contributed by atoms with Crippen molar-refractivity contribution in [2.24, 2.45) is 0 Å². The number of aromatic nitrogens is 2. The molecule has 1 atom stereocenters. The van der Waals surface area contributed by atoms with E-state index in [1.807, 2.05) is 42.3 Å². The van der Waals surface area contributed by atoms with Crippen LogP contribution in [0.1, 0.15) is 66.3 Å². The molecule has 1 fully saturated rings. The number of hydrogen-bond donors (Lipinski definition) is 1. The largest absolute Gasteiger partial charge is 0.343 e. The minimum atomic E-state index is -0.00171. The third kappa shape index (κ3) is 5.64. The molecule has 2 aliphatic rings. The van der Waals surface area contributed by atoms with E-state index >= 15 is 0 Å². The molecule has 0 radical (unpaired) electrons. The summed E-state index contributed by atoms with van der Waals surface area (Å²) in [6.07, 6.45) is 6.50. The second-order valence-corrected chi connectivity index (χ2v) is 9.38. The Morgan fingerprint density at radius 3 is 2.76 bits per heavy atom. The van der Waals surface area contributed by atoms with Crippen LogP contribution in [0, 0.1) is 0 Å². The van der Waals surface area contributed by atoms with E-state index in [1.54, 1.807) is 4.90 Å². The number of likely N-dealkylation sites (tertiary alicyclic amines) is 1. The fourth-order valence-electron chi connectivity index (χ4n) is 5.06. The first-order valence-electron chi connectivity index (χ1n) is 12.5. The molecule has 2 amide bonds. The molecule has 2 aromatic rings. The zero-order valence-corrected chi connectivity index (χ0v) is 20.1. The molecule has 2 heterocycles. The number of aryl methyl sites for hydroxylation is 1. The standard InChI is InChI=1S/C26H37N5O2/c1-3-15-31-23-13-12-21(27-14-8-17-30-16-7-11-24(30)32)18-22(23)25(28-31)26(33)29(2)19-20-9-5-4-6-10-20/h4-6,9-10,21,27H,3,7-8,11-19H2,1-2H3. The van der Waals surface area contributed by atoms with Gasteiger partial charge in [-0.25, -0.2) is 0 Å². The molecular formula is C26H37N5O2. The van der Waals surface area contributed by atoms with E-state index in [1.165, 1.54) is 5.69 Å². The van der Waals surface area contributed by atoms with Crippen LogP contribution in [0.5, 0.6) is 0 Å². The lowest BCUT2D eigenvalue weighted by Crippen LogP contribution is -2.37. The summed E-state index contributed by atoms with van der Waals surface area (Å²) >= 11 is 0. The lowest BCUT2D eigenvalue weighted by Gasteiger charge is -2.25. The molecule has 1 N–H and O–H groups in total. The van der Waals surface area contributed by atoms with Gasteiger partial charge in [-0.15, -0.1) is 0 Å². The minimum absolute atomic E-state index is 0.00171. The molecule has 1 aromatic heterocycles. The van der Waals surface area contributed by atoms with Gasteiger partial charge >= 0.3 is 0 Å². The monoisotopic (exact) mass is 451 g/mol. The SMILES string of the molecule is CCCn1nc(C(=O)N(C)Cc2ccccc2)c2c1CCC(NCCCN1CCCC1=O)C2. The Morgan fingerprint density at radius 2 is 2.03 bits per heavy atom. The summed E-state index contributed by atoms with van der Waals surface area (Å²) in [7, 11) is 1.86. The number of benzene rings is 1. The zero-order valence-electron chi connectivity index (χ0n) is 20.1. The van der Waals surface area contributed by atoms with Gasteiger partial charge in [-0.3, -0.25) is 14.3 Å². The fraction of sp³-hybridized carbons (Fsp3) is 0.577. The Bertz CT molecular complexity index is 955. The van der Waals surface area contributed by atoms with Crippen LogP contribution < -0.4 is 5.32 Å². The molecule has 7 heteroatoms. The van der Waals surface area contributed by atoms with Gasteiger partial charge in [0, 0.05) is 56.9 Å². The fourth-order valence-corrected chi connectivity index (χ4v) is 5.06. The minimum Gasteiger partial charge on any atom is -0.343 e. The predicted molar refractivity (Wildman–Crippen MR) is 129 cm³/mol. The Kier molecular flexibility index (Phi) is 7.81. The summed E-state index contributed by atoms with van der Waals surface area (Å²) in [5, 5.41) is 8.47. The third-order valence-electron chi connectivity index (χ3n) is 6.80. The number of carbonyl (C=O) groups is 2. The molecule has 1 aliphatic heterocycles. The molecule has 33 heavy (non-hydrogen) atoms. The van der Waals surface area contributed by atoms with Crippen LogP contribution >= 0.6 is 0 Å². The van der Waals surface area contributed by atoms with Crippen LogP contribution in [0.4, 0.5) is 0 Å². The molecule has 178 valence electrons. The van der Waals surface area contributed by atoms with E-state index < -0.39 is 0 Å². The Morgan fingerprint density at radius 1 is 1.21 bits per heavy atom. The molecule has 4 rings (SSSR count). The molecule has 7 nitrogen and oxygen atoms in total. The highest BCUT2D eigenvalue weighted by Gasteiger charge is 2.30. The predicted octanol–water partition coefficient (Wildman–Crippen LogP) is 3.02. The molecule has 1 aliphatic carbocycles. The van der Waals surface area contributed by atoms with E-state index in [-0.39, 0.29) is 5.91 Å². The Hall–Kier alpha value is -2.67. The number of nitrogens with zero attached hydrogens (tertiary/aromatic N) is 4. The van der Waals surface area contributed by atoms with E-state index in [0.29, 0.717) is 30.6 Å². The topological polar surface area (TPSA) is 70.5 Å². The van der Waals surface area contributed by atoms with Crippen molar-refractivity contribution < 1.29 is 9.59 Å². The maximum Gasteiger partial charge on any atom is 0.274 e. The van der Waals surface area contributed by atoms with Crippen molar-refractivity contribution in [1.29, 1.82) is 0 Å². The van der Waals surface area contributed by atoms with Crippen molar-refractivity contribution in [3.63, 3.8) is 0 Å². The molecule has 0 bridgehead atoms. The van der Waals surface area contributed by atoms with Crippen molar-refractivity contribution in [1.82, 2.24) is 24.9 Å². The van der Waals surface area contributed by atoms with E-state index in [9.17, 15) is 9.59 Å². The smallest absolute Gasteiger partial charge is 0.274 e. The average Bonchev–Trinajstić information content (AvgIpc) is 3.40. The van der Waals surface area contributed by atoms with Crippen LogP contribution in [0.3, 0.4) is 0 Å². The van der Waals surface area contributed by atoms with Crippen molar-refractivity contribution in [3.05, 3.63) is 52.8 Å². The number of carbonyl (C=O) groups excluding carboxylic acids is 2. The van der Waals surface area contributed by atoms with Crippen molar-refractivity contribution in [2.75, 3.05) is 26.7 Å². The summed E-state index contributed by atoms with van der Waals surface area (Å²) in [5.74, 6) is 0.293. The first kappa shape index (κ1) is 23.5. The van der Waals surface area contributed by atoms with Crippen molar-refractivity contribution >= 4 is 11.8 Å². The highest BCUT2D eigenvalue weighted by atomic mass is 16.2. The highest BCUT2D eigenvalue weighted by molar-refractivity contribution is 5.94. The van der Waals surface area contributed by atoms with Gasteiger partial charge in [0.2, 0.25) is 5.91 Å². The molecular weight excluding hydrogens is 414 g/mol. The normalized spacial score (nSPS) is 17.9. The number of amides is 2. The third-order valence-corrected chi connectivity index (χ3v) is 6.80. The van der Waals surface area contributed by atoms with Crippen LogP contribution in [-0.4, -0.2) is 64.1 Å². The summed E-state index contributed by atoms with van der Waals surface area (Å²) in [6.45, 7) is 6.21. The lowest BCUT2D eigenvalue weighted by molar-refractivity contribution is -0.127. The number of hydrogen-bond acceptors (Lipinski definition) is 4. The van der Waals surface area contributed by atoms with Gasteiger partial charge in [-0.1, -0.05) is 37.3 Å². The van der Waals surface area contributed by atoms with Crippen LogP contribution in [0.2, 0.25) is 0 Å². The molecule has 1 unspecified atom stereocenters. The van der Waals surface area contributed by atoms with Crippen LogP contribution in [0.15, 0.2) is 30.3 Å². The van der Waals surface area contributed by atoms with Gasteiger partial charge in [0.1, 0.15) is 0 Å². The summed E-state index contributed by atoms with van der Waals surface area (Å²) < 4.78 is 2.06. The average molecular weight is 452 g/mol. The first-order chi connectivity index (χ1) is 16.1. The number of nitrogens with one attached hydrogen (secondary N) is 1. The van der Waals surface area contributed by atoms with Gasteiger partial charge in [0.15, 0.2) is 5.69 Å². The molecule has 1 saturated heterocycles. The Labute approximate surface area is 197 Å². The maximum atomic E-state index is 13.4. The summed E-state index contributed by atoms with van der Waals surface area (Å²) in [5.41, 5.74) is 4.08. The van der Waals surface area contributed by atoms with Gasteiger partial charge in [0.05, 0.1) is 0 Å². The first-order valence-corrected chi connectivity index (χ1v) is 12.5. The molecule has 1 aromatic carbocycles. The van der Waals surface area contributed by atoms with Gasteiger partial charge in [-0.05, 0) is 50.6 Å². The second kappa shape index (κ2) is 11.0. The quantitative estimate of drug-likeness (QED) is 0.564. The number of rotatable bonds is 10. The molecule has 0 spiro atoms.